The van der Waals surface area contributed by atoms with Crippen LogP contribution in [0.1, 0.15) is 18.0 Å². The maximum Gasteiger partial charge on any atom is 0.417 e. The third-order valence-corrected chi connectivity index (χ3v) is 5.68. The van der Waals surface area contributed by atoms with Crippen molar-refractivity contribution in [2.24, 2.45) is 0 Å². The number of pyridine rings is 1. The van der Waals surface area contributed by atoms with E-state index in [1.54, 1.807) is 59.3 Å². The fourth-order valence-corrected chi connectivity index (χ4v) is 4.26. The second kappa shape index (κ2) is 8.44. The lowest BCUT2D eigenvalue weighted by Gasteiger charge is -2.15. The zero-order valence-electron chi connectivity index (χ0n) is 16.8. The molecule has 2 aromatic carbocycles. The van der Waals surface area contributed by atoms with Crippen molar-refractivity contribution in [1.29, 1.82) is 0 Å². The number of nitrogens with zero attached hydrogens (tertiary/aromatic N) is 3. The van der Waals surface area contributed by atoms with E-state index in [4.69, 9.17) is 0 Å². The third-order valence-electron chi connectivity index (χ3n) is 5.68. The molecule has 9 heteroatoms. The maximum absolute atomic E-state index is 14.0. The highest BCUT2D eigenvalue weighted by molar-refractivity contribution is 5.85. The number of imidazole rings is 1. The van der Waals surface area contributed by atoms with E-state index in [2.05, 4.69) is 10.3 Å². The Kier molecular flexibility index (Phi) is 5.83. The molecular formula is C23H20ClF3N4O. The normalized spacial score (nSPS) is 16.3. The van der Waals surface area contributed by atoms with Gasteiger partial charge >= 0.3 is 11.9 Å². The van der Waals surface area contributed by atoms with E-state index in [0.29, 0.717) is 23.3 Å². The zero-order valence-corrected chi connectivity index (χ0v) is 17.7. The molecule has 0 amide bonds. The number of hydrogen-bond donors (Lipinski definition) is 1. The molecule has 3 heterocycles. The Morgan fingerprint density at radius 2 is 1.81 bits per heavy atom. The van der Waals surface area contributed by atoms with Gasteiger partial charge in [0.05, 0.1) is 22.8 Å². The highest BCUT2D eigenvalue weighted by atomic mass is 35.5. The molecule has 5 nitrogen and oxygen atoms in total. The number of fused-ring (bicyclic) bond motifs is 1. The first-order valence-corrected chi connectivity index (χ1v) is 10.0. The summed E-state index contributed by atoms with van der Waals surface area (Å²) >= 11 is 0. The summed E-state index contributed by atoms with van der Waals surface area (Å²) in [6.07, 6.45) is -2.22. The van der Waals surface area contributed by atoms with Crippen molar-refractivity contribution >= 4 is 23.6 Å². The van der Waals surface area contributed by atoms with Crippen LogP contribution in [-0.2, 0) is 6.18 Å². The Morgan fingerprint density at radius 3 is 2.50 bits per heavy atom. The monoisotopic (exact) mass is 460 g/mol. The van der Waals surface area contributed by atoms with Crippen molar-refractivity contribution in [2.75, 3.05) is 13.1 Å². The van der Waals surface area contributed by atoms with E-state index in [9.17, 15) is 18.0 Å². The Balaban J connectivity index is 0.00000245. The van der Waals surface area contributed by atoms with Crippen molar-refractivity contribution in [3.05, 3.63) is 82.9 Å². The van der Waals surface area contributed by atoms with Crippen molar-refractivity contribution in [3.63, 3.8) is 0 Å². The minimum atomic E-state index is -4.57. The molecule has 0 spiro atoms. The zero-order chi connectivity index (χ0) is 21.6. The van der Waals surface area contributed by atoms with Gasteiger partial charge in [-0.25, -0.2) is 9.78 Å². The molecule has 1 N–H and O–H groups in total. The van der Waals surface area contributed by atoms with Crippen LogP contribution in [0.4, 0.5) is 13.2 Å². The summed E-state index contributed by atoms with van der Waals surface area (Å²) in [5.41, 5.74) is 0.501. The molecule has 5 rings (SSSR count). The van der Waals surface area contributed by atoms with Crippen molar-refractivity contribution in [3.8, 4) is 16.8 Å². The largest absolute Gasteiger partial charge is 0.417 e. The van der Waals surface area contributed by atoms with E-state index >= 15 is 0 Å². The Hall–Kier alpha value is -3.10. The number of nitrogens with one attached hydrogen (secondary N) is 1. The van der Waals surface area contributed by atoms with E-state index < -0.39 is 11.7 Å². The van der Waals surface area contributed by atoms with E-state index in [0.717, 1.165) is 19.0 Å². The number of halogens is 4. The van der Waals surface area contributed by atoms with Crippen LogP contribution >= 0.6 is 12.4 Å². The Labute approximate surface area is 187 Å². The summed E-state index contributed by atoms with van der Waals surface area (Å²) in [7, 11) is 0. The number of alkyl halides is 3. The number of hydrogen-bond acceptors (Lipinski definition) is 3. The molecule has 4 aromatic rings. The van der Waals surface area contributed by atoms with E-state index in [-0.39, 0.29) is 35.4 Å². The van der Waals surface area contributed by atoms with E-state index in [1.165, 1.54) is 10.6 Å². The quantitative estimate of drug-likeness (QED) is 0.476. The molecule has 0 bridgehead atoms. The predicted octanol–water partition coefficient (Wildman–Crippen LogP) is 4.83. The molecule has 0 unspecified atom stereocenters. The second-order valence-electron chi connectivity index (χ2n) is 7.57. The SMILES string of the molecule is Cl.O=c1n(-c2ccc(-c3ccccc3)c(C(F)(F)F)c2)c2cccnc2n1[C@H]1CCNC1. The summed E-state index contributed by atoms with van der Waals surface area (Å²) in [5, 5.41) is 3.22. The second-order valence-corrected chi connectivity index (χ2v) is 7.57. The average molecular weight is 461 g/mol. The van der Waals surface area contributed by atoms with Crippen LogP contribution < -0.4 is 11.0 Å². The van der Waals surface area contributed by atoms with E-state index in [1.807, 2.05) is 0 Å². The van der Waals surface area contributed by atoms with Gasteiger partial charge in [0, 0.05) is 12.7 Å². The van der Waals surface area contributed by atoms with Crippen LogP contribution in [0.15, 0.2) is 71.7 Å². The molecule has 1 saturated heterocycles. The molecule has 2 aromatic heterocycles. The topological polar surface area (TPSA) is 51.9 Å². The third kappa shape index (κ3) is 3.69. The molecule has 1 fully saturated rings. The van der Waals surface area contributed by atoms with Gasteiger partial charge in [0.2, 0.25) is 0 Å². The van der Waals surface area contributed by atoms with Crippen LogP contribution in [0.2, 0.25) is 0 Å². The summed E-state index contributed by atoms with van der Waals surface area (Å²) in [6.45, 7) is 1.40. The van der Waals surface area contributed by atoms with Gasteiger partial charge < -0.3 is 5.32 Å². The van der Waals surface area contributed by atoms with Gasteiger partial charge in [-0.1, -0.05) is 36.4 Å². The molecule has 1 aliphatic heterocycles. The predicted molar refractivity (Wildman–Crippen MR) is 120 cm³/mol. The number of rotatable bonds is 3. The lowest BCUT2D eigenvalue weighted by Crippen LogP contribution is -2.28. The highest BCUT2D eigenvalue weighted by Crippen LogP contribution is 2.38. The first-order valence-electron chi connectivity index (χ1n) is 10.0. The lowest BCUT2D eigenvalue weighted by molar-refractivity contribution is -0.137. The van der Waals surface area contributed by atoms with Gasteiger partial charge in [0.25, 0.3) is 0 Å². The van der Waals surface area contributed by atoms with Gasteiger partial charge in [0.15, 0.2) is 5.65 Å². The standard InChI is InChI=1S/C23H19F3N4O.ClH/c24-23(25,26)19-13-16(8-9-18(19)15-5-2-1-3-6-15)29-20-7-4-11-28-21(20)30(22(29)31)17-10-12-27-14-17;/h1-9,11,13,17,27H,10,12,14H2;1H/t17-;/m0./s1. The molecule has 1 atom stereocenters. The van der Waals surface area contributed by atoms with Crippen LogP contribution in [0.25, 0.3) is 28.0 Å². The van der Waals surface area contributed by atoms with Crippen molar-refractivity contribution in [1.82, 2.24) is 19.4 Å². The molecular weight excluding hydrogens is 441 g/mol. The van der Waals surface area contributed by atoms with Crippen molar-refractivity contribution < 1.29 is 13.2 Å². The van der Waals surface area contributed by atoms with Gasteiger partial charge in [-0.05, 0) is 48.4 Å². The van der Waals surface area contributed by atoms with Crippen LogP contribution in [-0.4, -0.2) is 27.2 Å². The molecule has 166 valence electrons. The summed E-state index contributed by atoms with van der Waals surface area (Å²) in [4.78, 5) is 17.7. The summed E-state index contributed by atoms with van der Waals surface area (Å²) in [6, 6.07) is 15.8. The first-order chi connectivity index (χ1) is 14.9. The highest BCUT2D eigenvalue weighted by Gasteiger charge is 2.34. The summed E-state index contributed by atoms with van der Waals surface area (Å²) < 4.78 is 44.9. The van der Waals surface area contributed by atoms with Crippen molar-refractivity contribution in [2.45, 2.75) is 18.6 Å². The molecule has 1 aliphatic rings. The summed E-state index contributed by atoms with van der Waals surface area (Å²) in [5.74, 6) is 0. The minimum Gasteiger partial charge on any atom is -0.315 e. The lowest BCUT2D eigenvalue weighted by atomic mass is 9.98. The van der Waals surface area contributed by atoms with Gasteiger partial charge in [-0.15, -0.1) is 12.4 Å². The van der Waals surface area contributed by atoms with Crippen LogP contribution in [0.5, 0.6) is 0 Å². The Morgan fingerprint density at radius 1 is 1.03 bits per heavy atom. The molecule has 0 saturated carbocycles. The maximum atomic E-state index is 14.0. The minimum absolute atomic E-state index is 0. The first kappa shape index (κ1) is 22.1. The van der Waals surface area contributed by atoms with Gasteiger partial charge in [0.1, 0.15) is 0 Å². The van der Waals surface area contributed by atoms with Gasteiger partial charge in [-0.2, -0.15) is 13.2 Å². The average Bonchev–Trinajstić information content (AvgIpc) is 3.38. The smallest absolute Gasteiger partial charge is 0.315 e. The Bertz CT molecular complexity index is 1310. The fraction of sp³-hybridized carbons (Fsp3) is 0.217. The number of benzene rings is 2. The van der Waals surface area contributed by atoms with Crippen LogP contribution in [0.3, 0.4) is 0 Å². The molecule has 32 heavy (non-hydrogen) atoms. The van der Waals surface area contributed by atoms with Gasteiger partial charge in [-0.3, -0.25) is 9.13 Å². The molecule has 0 aliphatic carbocycles. The number of aromatic nitrogens is 3. The fourth-order valence-electron chi connectivity index (χ4n) is 4.26. The van der Waals surface area contributed by atoms with Crippen LogP contribution in [0, 0.1) is 0 Å². The molecule has 0 radical (unpaired) electrons.